The SMILES string of the molecule is CC1(C)CCCC12CN=C(N)N2c1cccc(Cl)c1. The molecule has 0 radical (unpaired) electrons. The smallest absolute Gasteiger partial charge is 0.196 e. The second-order valence-corrected chi connectivity index (χ2v) is 6.70. The molecule has 2 aliphatic rings. The number of halogens is 1. The highest BCUT2D eigenvalue weighted by molar-refractivity contribution is 6.31. The van der Waals surface area contributed by atoms with Gasteiger partial charge in [0.1, 0.15) is 0 Å². The lowest BCUT2D eigenvalue weighted by Crippen LogP contribution is -2.57. The van der Waals surface area contributed by atoms with Gasteiger partial charge in [0.2, 0.25) is 0 Å². The van der Waals surface area contributed by atoms with E-state index < -0.39 is 0 Å². The molecule has 1 fully saturated rings. The van der Waals surface area contributed by atoms with E-state index in [-0.39, 0.29) is 11.0 Å². The second kappa shape index (κ2) is 4.14. The molecule has 2 N–H and O–H groups in total. The van der Waals surface area contributed by atoms with E-state index in [1.807, 2.05) is 18.2 Å². The zero-order valence-electron chi connectivity index (χ0n) is 11.5. The number of benzene rings is 1. The van der Waals surface area contributed by atoms with Crippen molar-refractivity contribution in [1.82, 2.24) is 0 Å². The van der Waals surface area contributed by atoms with Crippen LogP contribution in [0.3, 0.4) is 0 Å². The number of guanidine groups is 1. The Kier molecular flexibility index (Phi) is 2.79. The molecule has 1 atom stereocenters. The molecule has 0 saturated heterocycles. The first-order chi connectivity index (χ1) is 8.96. The van der Waals surface area contributed by atoms with Crippen LogP contribution in [-0.4, -0.2) is 18.0 Å². The first kappa shape index (κ1) is 12.8. The molecule has 1 spiro atoms. The number of nitrogens with two attached hydrogens (primary N) is 1. The van der Waals surface area contributed by atoms with Gasteiger partial charge < -0.3 is 10.6 Å². The lowest BCUT2D eigenvalue weighted by Gasteiger charge is -2.45. The molecule has 1 aromatic carbocycles. The molecule has 3 nitrogen and oxygen atoms in total. The Balaban J connectivity index is 2.09. The van der Waals surface area contributed by atoms with Gasteiger partial charge in [0.05, 0.1) is 12.1 Å². The van der Waals surface area contributed by atoms with Crippen LogP contribution in [0.5, 0.6) is 0 Å². The van der Waals surface area contributed by atoms with Gasteiger partial charge in [-0.05, 0) is 36.5 Å². The van der Waals surface area contributed by atoms with E-state index in [9.17, 15) is 0 Å². The summed E-state index contributed by atoms with van der Waals surface area (Å²) in [7, 11) is 0. The third-order valence-corrected chi connectivity index (χ3v) is 5.11. The Morgan fingerprint density at radius 2 is 2.11 bits per heavy atom. The number of anilines is 1. The van der Waals surface area contributed by atoms with Crippen molar-refractivity contribution in [2.45, 2.75) is 38.6 Å². The summed E-state index contributed by atoms with van der Waals surface area (Å²) in [5.41, 5.74) is 7.45. The topological polar surface area (TPSA) is 41.6 Å². The standard InChI is InChI=1S/C15H20ClN3/c1-14(2)7-4-8-15(14)10-18-13(17)19(15)12-6-3-5-11(16)9-12/h3,5-6,9H,4,7-8,10H2,1-2H3,(H2,17,18). The first-order valence-corrected chi connectivity index (χ1v) is 7.20. The first-order valence-electron chi connectivity index (χ1n) is 6.82. The Morgan fingerprint density at radius 3 is 2.74 bits per heavy atom. The molecule has 4 heteroatoms. The van der Waals surface area contributed by atoms with Crippen molar-refractivity contribution in [3.8, 4) is 0 Å². The lowest BCUT2D eigenvalue weighted by atomic mass is 9.74. The maximum Gasteiger partial charge on any atom is 0.196 e. The molecule has 19 heavy (non-hydrogen) atoms. The highest BCUT2D eigenvalue weighted by Gasteiger charge is 2.56. The van der Waals surface area contributed by atoms with Gasteiger partial charge in [-0.15, -0.1) is 0 Å². The molecule has 1 unspecified atom stereocenters. The number of nitrogens with zero attached hydrogens (tertiary/aromatic N) is 2. The van der Waals surface area contributed by atoms with Crippen LogP contribution in [0.25, 0.3) is 0 Å². The van der Waals surface area contributed by atoms with Crippen LogP contribution in [0.15, 0.2) is 29.3 Å². The van der Waals surface area contributed by atoms with E-state index in [0.717, 1.165) is 23.7 Å². The van der Waals surface area contributed by atoms with Crippen LogP contribution in [0.1, 0.15) is 33.1 Å². The van der Waals surface area contributed by atoms with Crippen LogP contribution in [0, 0.1) is 5.41 Å². The summed E-state index contributed by atoms with van der Waals surface area (Å²) in [6, 6.07) is 7.90. The Bertz CT molecular complexity index is 538. The minimum Gasteiger partial charge on any atom is -0.369 e. The summed E-state index contributed by atoms with van der Waals surface area (Å²) in [5, 5.41) is 0.739. The molecule has 1 aromatic rings. The van der Waals surface area contributed by atoms with Crippen molar-refractivity contribution >= 4 is 23.2 Å². The predicted octanol–water partition coefficient (Wildman–Crippen LogP) is 3.42. The predicted molar refractivity (Wildman–Crippen MR) is 80.8 cm³/mol. The van der Waals surface area contributed by atoms with E-state index in [4.69, 9.17) is 17.3 Å². The molecule has 1 aliphatic carbocycles. The lowest BCUT2D eigenvalue weighted by molar-refractivity contribution is 0.227. The molecule has 3 rings (SSSR count). The largest absolute Gasteiger partial charge is 0.369 e. The van der Waals surface area contributed by atoms with Gasteiger partial charge in [0.25, 0.3) is 0 Å². The molecule has 1 aliphatic heterocycles. The van der Waals surface area contributed by atoms with E-state index >= 15 is 0 Å². The molecule has 0 aromatic heterocycles. The van der Waals surface area contributed by atoms with E-state index in [1.165, 1.54) is 12.8 Å². The van der Waals surface area contributed by atoms with Gasteiger partial charge in [0.15, 0.2) is 5.96 Å². The molecule has 0 amide bonds. The average Bonchev–Trinajstić information content (AvgIpc) is 2.82. The van der Waals surface area contributed by atoms with Crippen molar-refractivity contribution in [2.24, 2.45) is 16.1 Å². The fourth-order valence-corrected chi connectivity index (χ4v) is 3.85. The highest BCUT2D eigenvalue weighted by Crippen LogP contribution is 2.52. The minimum absolute atomic E-state index is 0.0156. The van der Waals surface area contributed by atoms with E-state index in [1.54, 1.807) is 0 Å². The molecule has 1 saturated carbocycles. The Morgan fingerprint density at radius 1 is 1.32 bits per heavy atom. The third kappa shape index (κ3) is 1.75. The van der Waals surface area contributed by atoms with Gasteiger partial charge in [-0.2, -0.15) is 0 Å². The summed E-state index contributed by atoms with van der Waals surface area (Å²) >= 11 is 6.13. The average molecular weight is 278 g/mol. The molecule has 1 heterocycles. The van der Waals surface area contributed by atoms with Crippen molar-refractivity contribution in [3.63, 3.8) is 0 Å². The monoisotopic (exact) mass is 277 g/mol. The number of hydrogen-bond acceptors (Lipinski definition) is 3. The van der Waals surface area contributed by atoms with Crippen molar-refractivity contribution < 1.29 is 0 Å². The molecule has 0 bridgehead atoms. The zero-order chi connectivity index (χ0) is 13.7. The van der Waals surface area contributed by atoms with E-state index in [2.05, 4.69) is 29.8 Å². The van der Waals surface area contributed by atoms with Crippen LogP contribution < -0.4 is 10.6 Å². The number of rotatable bonds is 1. The summed E-state index contributed by atoms with van der Waals surface area (Å²) in [5.74, 6) is 0.622. The quantitative estimate of drug-likeness (QED) is 0.854. The van der Waals surface area contributed by atoms with Crippen LogP contribution in [-0.2, 0) is 0 Å². The fourth-order valence-electron chi connectivity index (χ4n) is 3.67. The maximum atomic E-state index is 6.17. The zero-order valence-corrected chi connectivity index (χ0v) is 12.2. The Labute approximate surface area is 119 Å². The van der Waals surface area contributed by atoms with E-state index in [0.29, 0.717) is 5.96 Å². The van der Waals surface area contributed by atoms with Gasteiger partial charge in [-0.25, -0.2) is 0 Å². The number of hydrogen-bond donors (Lipinski definition) is 1. The van der Waals surface area contributed by atoms with Gasteiger partial charge in [-0.3, -0.25) is 4.99 Å². The molecule has 102 valence electrons. The maximum absolute atomic E-state index is 6.17. The summed E-state index contributed by atoms with van der Waals surface area (Å²) in [4.78, 5) is 6.75. The van der Waals surface area contributed by atoms with Crippen molar-refractivity contribution in [1.29, 1.82) is 0 Å². The van der Waals surface area contributed by atoms with Gasteiger partial charge >= 0.3 is 0 Å². The van der Waals surface area contributed by atoms with Crippen molar-refractivity contribution in [3.05, 3.63) is 29.3 Å². The Hall–Kier alpha value is -1.22. The highest BCUT2D eigenvalue weighted by atomic mass is 35.5. The fraction of sp³-hybridized carbons (Fsp3) is 0.533. The third-order valence-electron chi connectivity index (χ3n) is 4.88. The number of aliphatic imine (C=N–C) groups is 1. The van der Waals surface area contributed by atoms with Gasteiger partial charge in [-0.1, -0.05) is 37.9 Å². The second-order valence-electron chi connectivity index (χ2n) is 6.26. The molecular formula is C15H20ClN3. The normalized spacial score (nSPS) is 29.0. The summed E-state index contributed by atoms with van der Waals surface area (Å²) < 4.78 is 0. The van der Waals surface area contributed by atoms with Gasteiger partial charge in [0, 0.05) is 10.7 Å². The summed E-state index contributed by atoms with van der Waals surface area (Å²) in [6.07, 6.45) is 3.58. The van der Waals surface area contributed by atoms with Crippen LogP contribution in [0.2, 0.25) is 5.02 Å². The molecular weight excluding hydrogens is 258 g/mol. The minimum atomic E-state index is 0.0156. The summed E-state index contributed by atoms with van der Waals surface area (Å²) in [6.45, 7) is 5.44. The van der Waals surface area contributed by atoms with Crippen LogP contribution in [0.4, 0.5) is 5.69 Å². The van der Waals surface area contributed by atoms with Crippen LogP contribution >= 0.6 is 11.6 Å². The van der Waals surface area contributed by atoms with Crippen molar-refractivity contribution in [2.75, 3.05) is 11.4 Å².